The van der Waals surface area contributed by atoms with Gasteiger partial charge in [0.15, 0.2) is 0 Å². The molecule has 35 heavy (non-hydrogen) atoms. The minimum atomic E-state index is -1.76. The zero-order valence-corrected chi connectivity index (χ0v) is 21.0. The first kappa shape index (κ1) is 25.2. The molecule has 5 rings (SSSR count). The van der Waals surface area contributed by atoms with Crippen molar-refractivity contribution >= 4 is 5.97 Å². The fraction of sp³-hybridized carbons (Fsp3) is 0.750. The Bertz CT molecular complexity index is 983. The van der Waals surface area contributed by atoms with Gasteiger partial charge in [-0.25, -0.2) is 4.79 Å². The Morgan fingerprint density at radius 1 is 1.00 bits per heavy atom. The van der Waals surface area contributed by atoms with E-state index in [-0.39, 0.29) is 42.6 Å². The van der Waals surface area contributed by atoms with E-state index in [0.717, 1.165) is 0 Å². The van der Waals surface area contributed by atoms with E-state index in [2.05, 4.69) is 6.92 Å². The van der Waals surface area contributed by atoms with Crippen LogP contribution in [0.5, 0.6) is 0 Å². The van der Waals surface area contributed by atoms with Gasteiger partial charge in [-0.05, 0) is 87.7 Å². The lowest BCUT2D eigenvalue weighted by molar-refractivity contribution is -0.340. The average Bonchev–Trinajstić information content (AvgIpc) is 3.06. The van der Waals surface area contributed by atoms with Crippen molar-refractivity contribution in [2.24, 2.45) is 22.7 Å². The maximum absolute atomic E-state index is 13.2. The SMILES string of the molecule is C[C@H](O)[C@]1(O)CC[C@@]2(O)[C@]1(C)[C@H](OC(=O)c1ccccc1)C[C@@H]1[C@@]3(C)CC[C@H](O)C[C@@H]3CC[C@]12O. The summed E-state index contributed by atoms with van der Waals surface area (Å²) in [5, 5.41) is 57.8. The van der Waals surface area contributed by atoms with Gasteiger partial charge in [-0.1, -0.05) is 32.0 Å². The van der Waals surface area contributed by atoms with Crippen LogP contribution in [-0.2, 0) is 4.74 Å². The van der Waals surface area contributed by atoms with Crippen molar-refractivity contribution in [1.82, 2.24) is 0 Å². The highest BCUT2D eigenvalue weighted by Gasteiger charge is 2.81. The standard InChI is InChI=1S/C28H40O7/c1-17(29)26(32)13-14-28(34)25(26,3)22(35-23(31)18-7-5-4-6-8-18)16-21-24(2)11-10-20(30)15-19(24)9-12-27(21,28)33/h4-8,17,19-22,29-30,32-34H,9-16H2,1-3H3/t17-,19-,20-,21+,22+,24-,25+,26+,27-,28+/m0/s1. The Morgan fingerprint density at radius 2 is 1.69 bits per heavy atom. The molecule has 7 heteroatoms. The molecule has 5 N–H and O–H groups in total. The van der Waals surface area contributed by atoms with E-state index in [0.29, 0.717) is 37.7 Å². The van der Waals surface area contributed by atoms with Gasteiger partial charge >= 0.3 is 5.97 Å². The summed E-state index contributed by atoms with van der Waals surface area (Å²) in [6, 6.07) is 8.62. The Kier molecular flexibility index (Phi) is 5.74. The third kappa shape index (κ3) is 3.11. The number of carbonyl (C=O) groups excluding carboxylic acids is 1. The van der Waals surface area contributed by atoms with Crippen LogP contribution in [0.3, 0.4) is 0 Å². The summed E-state index contributed by atoms with van der Waals surface area (Å²) >= 11 is 0. The van der Waals surface area contributed by atoms with E-state index in [1.165, 1.54) is 6.92 Å². The third-order valence-electron chi connectivity index (χ3n) is 11.1. The molecule has 1 aromatic rings. The van der Waals surface area contributed by atoms with Crippen LogP contribution in [0.2, 0.25) is 0 Å². The molecule has 7 nitrogen and oxygen atoms in total. The first-order chi connectivity index (χ1) is 16.3. The molecule has 0 aromatic heterocycles. The maximum Gasteiger partial charge on any atom is 0.338 e. The van der Waals surface area contributed by atoms with Crippen LogP contribution in [0, 0.1) is 22.7 Å². The molecular weight excluding hydrogens is 448 g/mol. The minimum absolute atomic E-state index is 0.0882. The van der Waals surface area contributed by atoms with Gasteiger partial charge < -0.3 is 30.3 Å². The van der Waals surface area contributed by atoms with Crippen molar-refractivity contribution in [3.63, 3.8) is 0 Å². The number of rotatable bonds is 3. The minimum Gasteiger partial charge on any atom is -0.458 e. The van der Waals surface area contributed by atoms with E-state index in [4.69, 9.17) is 4.74 Å². The average molecular weight is 489 g/mol. The predicted molar refractivity (Wildman–Crippen MR) is 128 cm³/mol. The molecule has 4 aliphatic carbocycles. The lowest BCUT2D eigenvalue weighted by atomic mass is 9.40. The first-order valence-electron chi connectivity index (χ1n) is 13.1. The molecule has 1 aromatic carbocycles. The van der Waals surface area contributed by atoms with Gasteiger partial charge in [-0.3, -0.25) is 0 Å². The Labute approximate surface area is 207 Å². The Hall–Kier alpha value is -1.51. The van der Waals surface area contributed by atoms with Crippen molar-refractivity contribution < 1.29 is 35.1 Å². The zero-order chi connectivity index (χ0) is 25.4. The molecule has 0 aliphatic heterocycles. The smallest absolute Gasteiger partial charge is 0.338 e. The largest absolute Gasteiger partial charge is 0.458 e. The molecule has 10 atom stereocenters. The van der Waals surface area contributed by atoms with Crippen LogP contribution >= 0.6 is 0 Å². The van der Waals surface area contributed by atoms with Crippen LogP contribution in [0.4, 0.5) is 0 Å². The molecular formula is C28H40O7. The number of benzene rings is 1. The predicted octanol–water partition coefficient (Wildman–Crippen LogP) is 2.57. The van der Waals surface area contributed by atoms with Gasteiger partial charge in [0.2, 0.25) is 0 Å². The summed E-state index contributed by atoms with van der Waals surface area (Å²) in [5.74, 6) is -0.753. The number of aliphatic hydroxyl groups is 5. The highest BCUT2D eigenvalue weighted by atomic mass is 16.5. The topological polar surface area (TPSA) is 127 Å². The Balaban J connectivity index is 1.62. The molecule has 0 amide bonds. The lowest BCUT2D eigenvalue weighted by Gasteiger charge is -2.69. The van der Waals surface area contributed by atoms with Gasteiger partial charge in [0, 0.05) is 0 Å². The maximum atomic E-state index is 13.2. The van der Waals surface area contributed by atoms with Crippen molar-refractivity contribution in [3.05, 3.63) is 35.9 Å². The van der Waals surface area contributed by atoms with Gasteiger partial charge in [0.1, 0.15) is 17.3 Å². The van der Waals surface area contributed by atoms with E-state index < -0.39 is 40.4 Å². The number of esters is 1. The molecule has 4 fully saturated rings. The summed E-state index contributed by atoms with van der Waals surface area (Å²) in [4.78, 5) is 13.2. The second-order valence-corrected chi connectivity index (χ2v) is 12.3. The van der Waals surface area contributed by atoms with E-state index in [1.807, 2.05) is 0 Å². The van der Waals surface area contributed by atoms with Crippen molar-refractivity contribution in [2.75, 3.05) is 0 Å². The number of fused-ring (bicyclic) bond motifs is 5. The highest BCUT2D eigenvalue weighted by molar-refractivity contribution is 5.89. The number of hydrogen-bond donors (Lipinski definition) is 5. The molecule has 0 saturated heterocycles. The molecule has 0 heterocycles. The summed E-state index contributed by atoms with van der Waals surface area (Å²) in [6.07, 6.45) is 0.968. The van der Waals surface area contributed by atoms with Gasteiger partial charge in [-0.2, -0.15) is 0 Å². The molecule has 4 saturated carbocycles. The second-order valence-electron chi connectivity index (χ2n) is 12.3. The van der Waals surface area contributed by atoms with Crippen molar-refractivity contribution in [3.8, 4) is 0 Å². The first-order valence-corrected chi connectivity index (χ1v) is 13.1. The van der Waals surface area contributed by atoms with Crippen LogP contribution in [-0.4, -0.2) is 66.6 Å². The number of ether oxygens (including phenoxy) is 1. The monoisotopic (exact) mass is 488 g/mol. The van der Waals surface area contributed by atoms with E-state index in [9.17, 15) is 30.3 Å². The van der Waals surface area contributed by atoms with Crippen molar-refractivity contribution in [1.29, 1.82) is 0 Å². The van der Waals surface area contributed by atoms with Crippen molar-refractivity contribution in [2.45, 2.75) is 107 Å². The number of aliphatic hydroxyl groups excluding tert-OH is 2. The number of hydrogen-bond acceptors (Lipinski definition) is 7. The van der Waals surface area contributed by atoms with Gasteiger partial charge in [0.25, 0.3) is 0 Å². The lowest BCUT2D eigenvalue weighted by Crippen LogP contribution is -2.79. The van der Waals surface area contributed by atoms with E-state index >= 15 is 0 Å². The molecule has 0 radical (unpaired) electrons. The van der Waals surface area contributed by atoms with Crippen LogP contribution in [0.25, 0.3) is 0 Å². The van der Waals surface area contributed by atoms with E-state index in [1.54, 1.807) is 37.3 Å². The molecule has 4 aliphatic rings. The number of carbonyl (C=O) groups is 1. The highest BCUT2D eigenvalue weighted by Crippen LogP contribution is 2.72. The fourth-order valence-corrected chi connectivity index (χ4v) is 8.87. The summed E-state index contributed by atoms with van der Waals surface area (Å²) in [6.45, 7) is 5.29. The summed E-state index contributed by atoms with van der Waals surface area (Å²) in [5.41, 5.74) is -6.49. The summed E-state index contributed by atoms with van der Waals surface area (Å²) < 4.78 is 6.11. The second kappa shape index (κ2) is 7.99. The van der Waals surface area contributed by atoms with Crippen LogP contribution in [0.15, 0.2) is 30.3 Å². The zero-order valence-electron chi connectivity index (χ0n) is 21.0. The molecule has 0 unspecified atom stereocenters. The normalized spacial score (nSPS) is 49.9. The third-order valence-corrected chi connectivity index (χ3v) is 11.1. The van der Waals surface area contributed by atoms with Crippen LogP contribution in [0.1, 0.15) is 82.5 Å². The van der Waals surface area contributed by atoms with Crippen LogP contribution < -0.4 is 0 Å². The van der Waals surface area contributed by atoms with Gasteiger partial charge in [0.05, 0.1) is 28.8 Å². The fourth-order valence-electron chi connectivity index (χ4n) is 8.87. The molecule has 0 spiro atoms. The summed E-state index contributed by atoms with van der Waals surface area (Å²) in [7, 11) is 0. The molecule has 194 valence electrons. The quantitative estimate of drug-likeness (QED) is 0.414. The Morgan fingerprint density at radius 3 is 2.34 bits per heavy atom. The van der Waals surface area contributed by atoms with Gasteiger partial charge in [-0.15, -0.1) is 0 Å². The molecule has 0 bridgehead atoms.